The van der Waals surface area contributed by atoms with E-state index in [1.165, 1.54) is 24.7 Å². The molecule has 1 aromatic heterocycles. The van der Waals surface area contributed by atoms with Crippen LogP contribution in [0.4, 0.5) is 4.39 Å². The Kier molecular flexibility index (Phi) is 5.16. The van der Waals surface area contributed by atoms with Gasteiger partial charge in [0.15, 0.2) is 0 Å². The van der Waals surface area contributed by atoms with Crippen LogP contribution in [0.2, 0.25) is 0 Å². The van der Waals surface area contributed by atoms with Gasteiger partial charge in [0.1, 0.15) is 12.1 Å². The number of carbonyl (C=O) groups excluding carboxylic acids is 2. The molecule has 1 saturated heterocycles. The third-order valence-corrected chi connectivity index (χ3v) is 4.58. The molecule has 5 nitrogen and oxygen atoms in total. The Balaban J connectivity index is 1.60. The fourth-order valence-corrected chi connectivity index (χ4v) is 3.11. The van der Waals surface area contributed by atoms with E-state index in [0.717, 1.165) is 18.4 Å². The summed E-state index contributed by atoms with van der Waals surface area (Å²) in [6.07, 6.45) is 4.41. The molecule has 2 amide bonds. The summed E-state index contributed by atoms with van der Waals surface area (Å²) in [7, 11) is 0. The fraction of sp³-hybridized carbons (Fsp3) is 0.368. The smallest absolute Gasteiger partial charge is 0.257 e. The lowest BCUT2D eigenvalue weighted by Gasteiger charge is -2.32. The van der Waals surface area contributed by atoms with Crippen LogP contribution in [-0.4, -0.2) is 29.8 Å². The monoisotopic (exact) mass is 344 g/mol. The number of hydrogen-bond donors (Lipinski definition) is 1. The molecule has 25 heavy (non-hydrogen) atoms. The van der Waals surface area contributed by atoms with E-state index < -0.39 is 0 Å². The van der Waals surface area contributed by atoms with Crippen molar-refractivity contribution < 1.29 is 18.4 Å². The highest BCUT2D eigenvalue weighted by molar-refractivity contribution is 5.94. The Morgan fingerprint density at radius 1 is 1.28 bits per heavy atom. The minimum absolute atomic E-state index is 0.0819. The average molecular weight is 344 g/mol. The van der Waals surface area contributed by atoms with Crippen molar-refractivity contribution in [3.05, 3.63) is 59.8 Å². The van der Waals surface area contributed by atoms with Crippen molar-refractivity contribution in [1.29, 1.82) is 0 Å². The molecular formula is C19H21FN2O3. The lowest BCUT2D eigenvalue weighted by molar-refractivity contribution is -0.127. The van der Waals surface area contributed by atoms with Gasteiger partial charge in [0.05, 0.1) is 23.8 Å². The van der Waals surface area contributed by atoms with E-state index in [2.05, 4.69) is 5.32 Å². The average Bonchev–Trinajstić information content (AvgIpc) is 3.16. The van der Waals surface area contributed by atoms with E-state index in [1.807, 2.05) is 6.92 Å². The largest absolute Gasteiger partial charge is 0.472 e. The van der Waals surface area contributed by atoms with Crippen molar-refractivity contribution in [1.82, 2.24) is 10.2 Å². The van der Waals surface area contributed by atoms with Crippen LogP contribution in [-0.2, 0) is 4.79 Å². The summed E-state index contributed by atoms with van der Waals surface area (Å²) in [4.78, 5) is 26.7. The molecule has 0 bridgehead atoms. The van der Waals surface area contributed by atoms with Crippen molar-refractivity contribution in [2.24, 2.45) is 5.92 Å². The zero-order valence-electron chi connectivity index (χ0n) is 14.1. The molecule has 0 saturated carbocycles. The molecular weight excluding hydrogens is 323 g/mol. The molecule has 3 rings (SSSR count). The van der Waals surface area contributed by atoms with Crippen LogP contribution in [0.25, 0.3) is 0 Å². The number of amides is 2. The third kappa shape index (κ3) is 4.07. The Bertz CT molecular complexity index is 728. The summed E-state index contributed by atoms with van der Waals surface area (Å²) in [5.74, 6) is -0.741. The summed E-state index contributed by atoms with van der Waals surface area (Å²) in [5.41, 5.74) is 1.35. The van der Waals surface area contributed by atoms with Crippen LogP contribution in [0.5, 0.6) is 0 Å². The predicted octanol–water partition coefficient (Wildman–Crippen LogP) is 3.15. The van der Waals surface area contributed by atoms with Gasteiger partial charge in [-0.15, -0.1) is 0 Å². The van der Waals surface area contributed by atoms with Gasteiger partial charge in [-0.1, -0.05) is 12.1 Å². The zero-order chi connectivity index (χ0) is 17.8. The molecule has 1 aliphatic rings. The summed E-state index contributed by atoms with van der Waals surface area (Å²) in [6.45, 7) is 2.90. The first kappa shape index (κ1) is 17.2. The second-order valence-corrected chi connectivity index (χ2v) is 6.38. The molecule has 2 heterocycles. The van der Waals surface area contributed by atoms with Gasteiger partial charge in [-0.25, -0.2) is 4.39 Å². The minimum Gasteiger partial charge on any atom is -0.472 e. The van der Waals surface area contributed by atoms with Gasteiger partial charge in [-0.3, -0.25) is 9.59 Å². The lowest BCUT2D eigenvalue weighted by Crippen LogP contribution is -2.45. The number of benzene rings is 1. The number of rotatable bonds is 4. The predicted molar refractivity (Wildman–Crippen MR) is 90.3 cm³/mol. The number of nitrogens with one attached hydrogen (secondary N) is 1. The van der Waals surface area contributed by atoms with Crippen LogP contribution in [0.3, 0.4) is 0 Å². The van der Waals surface area contributed by atoms with Gasteiger partial charge in [-0.2, -0.15) is 0 Å². The fourth-order valence-electron chi connectivity index (χ4n) is 3.11. The van der Waals surface area contributed by atoms with Crippen molar-refractivity contribution in [3.63, 3.8) is 0 Å². The SMILES string of the molecule is C[C@@H](NC(=O)[C@H]1CCCN(C(=O)c2ccoc2)C1)c1ccc(F)cc1. The van der Waals surface area contributed by atoms with Crippen LogP contribution in [0, 0.1) is 11.7 Å². The van der Waals surface area contributed by atoms with Crippen molar-refractivity contribution >= 4 is 11.8 Å². The van der Waals surface area contributed by atoms with Gasteiger partial charge in [0.25, 0.3) is 5.91 Å². The first-order valence-electron chi connectivity index (χ1n) is 8.42. The number of halogens is 1. The van der Waals surface area contributed by atoms with Gasteiger partial charge in [0, 0.05) is 13.1 Å². The molecule has 132 valence electrons. The summed E-state index contributed by atoms with van der Waals surface area (Å²) < 4.78 is 18.0. The third-order valence-electron chi connectivity index (χ3n) is 4.58. The number of furan rings is 1. The number of likely N-dealkylation sites (tertiary alicyclic amines) is 1. The Labute approximate surface area is 145 Å². The van der Waals surface area contributed by atoms with Crippen molar-refractivity contribution in [2.45, 2.75) is 25.8 Å². The molecule has 1 N–H and O–H groups in total. The molecule has 0 aliphatic carbocycles. The van der Waals surface area contributed by atoms with Crippen LogP contribution in [0.15, 0.2) is 47.3 Å². The van der Waals surface area contributed by atoms with E-state index in [1.54, 1.807) is 23.1 Å². The van der Waals surface area contributed by atoms with E-state index in [-0.39, 0.29) is 29.6 Å². The molecule has 2 atom stereocenters. The van der Waals surface area contributed by atoms with Gasteiger partial charge < -0.3 is 14.6 Å². The standard InChI is InChI=1S/C19H21FN2O3/c1-13(14-4-6-17(20)7-5-14)21-18(23)15-3-2-9-22(11-15)19(24)16-8-10-25-12-16/h4-8,10,12-13,15H,2-3,9,11H2,1H3,(H,21,23)/t13-,15+/m1/s1. The van der Waals surface area contributed by atoms with Gasteiger partial charge in [0.2, 0.25) is 5.91 Å². The summed E-state index contributed by atoms with van der Waals surface area (Å²) in [6, 6.07) is 7.50. The molecule has 1 aliphatic heterocycles. The van der Waals surface area contributed by atoms with Crippen LogP contribution in [0.1, 0.15) is 41.7 Å². The number of nitrogens with zero attached hydrogens (tertiary/aromatic N) is 1. The maximum atomic E-state index is 13.0. The van der Waals surface area contributed by atoms with E-state index >= 15 is 0 Å². The highest BCUT2D eigenvalue weighted by Gasteiger charge is 2.29. The highest BCUT2D eigenvalue weighted by Crippen LogP contribution is 2.21. The van der Waals surface area contributed by atoms with E-state index in [9.17, 15) is 14.0 Å². The van der Waals surface area contributed by atoms with Crippen LogP contribution < -0.4 is 5.32 Å². The van der Waals surface area contributed by atoms with Crippen LogP contribution >= 0.6 is 0 Å². The minimum atomic E-state index is -0.303. The van der Waals surface area contributed by atoms with Crippen molar-refractivity contribution in [3.8, 4) is 0 Å². The maximum Gasteiger partial charge on any atom is 0.257 e. The second kappa shape index (κ2) is 7.51. The highest BCUT2D eigenvalue weighted by atomic mass is 19.1. The quantitative estimate of drug-likeness (QED) is 0.927. The van der Waals surface area contributed by atoms with Gasteiger partial charge >= 0.3 is 0 Å². The second-order valence-electron chi connectivity index (χ2n) is 6.38. The number of piperidine rings is 1. The number of hydrogen-bond acceptors (Lipinski definition) is 3. The molecule has 1 aromatic carbocycles. The summed E-state index contributed by atoms with van der Waals surface area (Å²) in [5, 5.41) is 2.96. The van der Waals surface area contributed by atoms with E-state index in [4.69, 9.17) is 4.42 Å². The van der Waals surface area contributed by atoms with E-state index in [0.29, 0.717) is 18.7 Å². The molecule has 2 aromatic rings. The first-order chi connectivity index (χ1) is 12.0. The molecule has 0 radical (unpaired) electrons. The number of carbonyl (C=O) groups is 2. The Morgan fingerprint density at radius 2 is 2.04 bits per heavy atom. The summed E-state index contributed by atoms with van der Waals surface area (Å²) >= 11 is 0. The first-order valence-corrected chi connectivity index (χ1v) is 8.42. The normalized spacial score (nSPS) is 18.6. The molecule has 1 fully saturated rings. The molecule has 6 heteroatoms. The van der Waals surface area contributed by atoms with Gasteiger partial charge in [-0.05, 0) is 43.5 Å². The zero-order valence-corrected chi connectivity index (χ0v) is 14.1. The maximum absolute atomic E-state index is 13.0. The Morgan fingerprint density at radius 3 is 2.72 bits per heavy atom. The Hall–Kier alpha value is -2.63. The molecule has 0 spiro atoms. The molecule has 0 unspecified atom stereocenters. The lowest BCUT2D eigenvalue weighted by atomic mass is 9.96. The topological polar surface area (TPSA) is 62.6 Å². The van der Waals surface area contributed by atoms with Crippen molar-refractivity contribution in [2.75, 3.05) is 13.1 Å².